The fraction of sp³-hybridized carbons (Fsp3) is 0.579. The van der Waals surface area contributed by atoms with Crippen molar-refractivity contribution in [2.24, 2.45) is 5.92 Å². The Balaban J connectivity index is 1.61. The Morgan fingerprint density at radius 1 is 1.40 bits per heavy atom. The number of likely N-dealkylation sites (tertiary alicyclic amines) is 1. The SMILES string of the molecule is CCC1(O)CCCN(C(=O)c2ccc3c(c2)[nH]c(=O)n3CC2CC2)C1. The van der Waals surface area contributed by atoms with Crippen molar-refractivity contribution in [2.45, 2.75) is 51.2 Å². The molecule has 1 aromatic heterocycles. The van der Waals surface area contributed by atoms with Crippen LogP contribution in [0.1, 0.15) is 49.4 Å². The van der Waals surface area contributed by atoms with E-state index in [9.17, 15) is 14.7 Å². The van der Waals surface area contributed by atoms with E-state index in [1.807, 2.05) is 13.0 Å². The summed E-state index contributed by atoms with van der Waals surface area (Å²) in [5.74, 6) is 0.530. The Labute approximate surface area is 146 Å². The smallest absolute Gasteiger partial charge is 0.326 e. The molecule has 134 valence electrons. The van der Waals surface area contributed by atoms with Gasteiger partial charge in [0.15, 0.2) is 0 Å². The number of amides is 1. The van der Waals surface area contributed by atoms with Crippen molar-refractivity contribution >= 4 is 16.9 Å². The van der Waals surface area contributed by atoms with Crippen LogP contribution in [0.3, 0.4) is 0 Å². The number of aliphatic hydroxyl groups is 1. The van der Waals surface area contributed by atoms with Crippen molar-refractivity contribution in [1.82, 2.24) is 14.5 Å². The number of rotatable bonds is 4. The molecule has 0 spiro atoms. The van der Waals surface area contributed by atoms with Crippen LogP contribution in [0.25, 0.3) is 11.0 Å². The zero-order valence-corrected chi connectivity index (χ0v) is 14.6. The average Bonchev–Trinajstić information content (AvgIpc) is 3.38. The molecule has 1 amide bonds. The van der Waals surface area contributed by atoms with Gasteiger partial charge in [0, 0.05) is 25.2 Å². The lowest BCUT2D eigenvalue weighted by molar-refractivity contribution is -0.0270. The minimum Gasteiger partial charge on any atom is -0.388 e. The minimum atomic E-state index is -0.778. The molecule has 1 atom stereocenters. The van der Waals surface area contributed by atoms with Gasteiger partial charge in [-0.25, -0.2) is 4.79 Å². The van der Waals surface area contributed by atoms with E-state index in [1.165, 1.54) is 12.8 Å². The molecule has 6 heteroatoms. The number of carbonyl (C=O) groups is 1. The van der Waals surface area contributed by atoms with Crippen LogP contribution in [0.15, 0.2) is 23.0 Å². The van der Waals surface area contributed by atoms with Gasteiger partial charge in [0.2, 0.25) is 0 Å². The molecule has 1 aromatic carbocycles. The van der Waals surface area contributed by atoms with Crippen molar-refractivity contribution in [3.05, 3.63) is 34.2 Å². The predicted molar refractivity (Wildman–Crippen MR) is 95.7 cm³/mol. The largest absolute Gasteiger partial charge is 0.388 e. The Kier molecular flexibility index (Phi) is 3.95. The van der Waals surface area contributed by atoms with Crippen molar-refractivity contribution in [1.29, 1.82) is 0 Å². The summed E-state index contributed by atoms with van der Waals surface area (Å²) in [7, 11) is 0. The van der Waals surface area contributed by atoms with E-state index in [0.29, 0.717) is 36.5 Å². The lowest BCUT2D eigenvalue weighted by Crippen LogP contribution is -2.49. The molecule has 1 saturated carbocycles. The molecule has 4 rings (SSSR count). The van der Waals surface area contributed by atoms with Crippen LogP contribution in [0.4, 0.5) is 0 Å². The number of H-pyrrole nitrogens is 1. The van der Waals surface area contributed by atoms with E-state index in [1.54, 1.807) is 21.6 Å². The molecule has 1 unspecified atom stereocenters. The lowest BCUT2D eigenvalue weighted by atomic mass is 9.90. The number of benzene rings is 1. The van der Waals surface area contributed by atoms with Gasteiger partial charge in [0.25, 0.3) is 5.91 Å². The first-order valence-electron chi connectivity index (χ1n) is 9.23. The van der Waals surface area contributed by atoms with Crippen LogP contribution < -0.4 is 5.69 Å². The number of nitrogens with zero attached hydrogens (tertiary/aromatic N) is 2. The summed E-state index contributed by atoms with van der Waals surface area (Å²) in [5.41, 5.74) is 1.24. The second-order valence-electron chi connectivity index (χ2n) is 7.62. The maximum Gasteiger partial charge on any atom is 0.326 e. The standard InChI is InChI=1S/C19H25N3O3/c1-2-19(25)8-3-9-21(12-19)17(23)14-6-7-16-15(10-14)20-18(24)22(16)11-13-4-5-13/h6-7,10,13,25H,2-5,8-9,11-12H2,1H3,(H,20,24). The first-order valence-corrected chi connectivity index (χ1v) is 9.23. The summed E-state index contributed by atoms with van der Waals surface area (Å²) in [4.78, 5) is 29.6. The lowest BCUT2D eigenvalue weighted by Gasteiger charge is -2.38. The molecule has 2 heterocycles. The van der Waals surface area contributed by atoms with E-state index in [0.717, 1.165) is 24.9 Å². The van der Waals surface area contributed by atoms with Gasteiger partial charge in [0.1, 0.15) is 0 Å². The summed E-state index contributed by atoms with van der Waals surface area (Å²) in [6, 6.07) is 5.42. The maximum atomic E-state index is 12.8. The molecule has 1 aliphatic carbocycles. The second-order valence-corrected chi connectivity index (χ2v) is 7.62. The Bertz CT molecular complexity index is 864. The van der Waals surface area contributed by atoms with Gasteiger partial charge in [-0.05, 0) is 56.2 Å². The van der Waals surface area contributed by atoms with Gasteiger partial charge in [-0.2, -0.15) is 0 Å². The van der Waals surface area contributed by atoms with Gasteiger partial charge in [-0.1, -0.05) is 6.92 Å². The van der Waals surface area contributed by atoms with Crippen LogP contribution in [0.5, 0.6) is 0 Å². The van der Waals surface area contributed by atoms with Crippen molar-refractivity contribution in [3.63, 3.8) is 0 Å². The normalized spacial score (nSPS) is 24.0. The third-order valence-electron chi connectivity index (χ3n) is 5.66. The van der Waals surface area contributed by atoms with Gasteiger partial charge in [-0.15, -0.1) is 0 Å². The monoisotopic (exact) mass is 343 g/mol. The van der Waals surface area contributed by atoms with E-state index in [2.05, 4.69) is 4.98 Å². The Morgan fingerprint density at radius 3 is 2.92 bits per heavy atom. The predicted octanol–water partition coefficient (Wildman–Crippen LogP) is 2.12. The number of hydrogen-bond acceptors (Lipinski definition) is 3. The number of aromatic nitrogens is 2. The number of β-amino-alcohol motifs (C(OH)–C–C–N with tert-alkyl or cyclic N) is 1. The second kappa shape index (κ2) is 6.02. The first kappa shape index (κ1) is 16.4. The van der Waals surface area contributed by atoms with Crippen LogP contribution >= 0.6 is 0 Å². The van der Waals surface area contributed by atoms with Crippen LogP contribution in [-0.2, 0) is 6.54 Å². The number of nitrogens with one attached hydrogen (secondary N) is 1. The molecule has 2 fully saturated rings. The summed E-state index contributed by atoms with van der Waals surface area (Å²) in [6.45, 7) is 3.74. The highest BCUT2D eigenvalue weighted by Crippen LogP contribution is 2.31. The number of aromatic amines is 1. The van der Waals surface area contributed by atoms with E-state index < -0.39 is 5.60 Å². The Hall–Kier alpha value is -2.08. The number of imidazole rings is 1. The topological polar surface area (TPSA) is 78.3 Å². The molecular weight excluding hydrogens is 318 g/mol. The zero-order valence-electron chi connectivity index (χ0n) is 14.6. The van der Waals surface area contributed by atoms with Crippen LogP contribution in [0, 0.1) is 5.92 Å². The van der Waals surface area contributed by atoms with Gasteiger partial charge < -0.3 is 15.0 Å². The molecule has 1 aliphatic heterocycles. The van der Waals surface area contributed by atoms with Crippen molar-refractivity contribution in [3.8, 4) is 0 Å². The molecular formula is C19H25N3O3. The highest BCUT2D eigenvalue weighted by molar-refractivity contribution is 5.97. The van der Waals surface area contributed by atoms with Gasteiger partial charge in [-0.3, -0.25) is 9.36 Å². The van der Waals surface area contributed by atoms with Crippen LogP contribution in [0.2, 0.25) is 0 Å². The quantitative estimate of drug-likeness (QED) is 0.892. The molecule has 1 saturated heterocycles. The summed E-state index contributed by atoms with van der Waals surface area (Å²) < 4.78 is 1.78. The number of piperidine rings is 1. The molecule has 0 bridgehead atoms. The molecule has 2 aromatic rings. The average molecular weight is 343 g/mol. The number of carbonyl (C=O) groups excluding carboxylic acids is 1. The van der Waals surface area contributed by atoms with Gasteiger partial charge >= 0.3 is 5.69 Å². The van der Waals surface area contributed by atoms with Crippen molar-refractivity contribution in [2.75, 3.05) is 13.1 Å². The zero-order chi connectivity index (χ0) is 17.6. The minimum absolute atomic E-state index is 0.0794. The first-order chi connectivity index (χ1) is 12.0. The van der Waals surface area contributed by atoms with E-state index in [-0.39, 0.29) is 11.6 Å². The number of fused-ring (bicyclic) bond motifs is 1. The van der Waals surface area contributed by atoms with Gasteiger partial charge in [0.05, 0.1) is 16.6 Å². The fourth-order valence-electron chi connectivity index (χ4n) is 3.79. The fourth-order valence-corrected chi connectivity index (χ4v) is 3.79. The van der Waals surface area contributed by atoms with Crippen molar-refractivity contribution < 1.29 is 9.90 Å². The summed E-state index contributed by atoms with van der Waals surface area (Å²) in [6.07, 6.45) is 4.57. The molecule has 25 heavy (non-hydrogen) atoms. The number of hydrogen-bond donors (Lipinski definition) is 2. The molecule has 2 N–H and O–H groups in total. The highest BCUT2D eigenvalue weighted by Gasteiger charge is 2.34. The molecule has 6 nitrogen and oxygen atoms in total. The maximum absolute atomic E-state index is 12.8. The Morgan fingerprint density at radius 2 is 2.20 bits per heavy atom. The highest BCUT2D eigenvalue weighted by atomic mass is 16.3. The summed E-state index contributed by atoms with van der Waals surface area (Å²) in [5, 5.41) is 10.5. The third-order valence-corrected chi connectivity index (χ3v) is 5.66. The van der Waals surface area contributed by atoms with E-state index >= 15 is 0 Å². The summed E-state index contributed by atoms with van der Waals surface area (Å²) >= 11 is 0. The van der Waals surface area contributed by atoms with E-state index in [4.69, 9.17) is 0 Å². The molecule has 2 aliphatic rings. The van der Waals surface area contributed by atoms with Crippen LogP contribution in [-0.4, -0.2) is 44.2 Å². The third kappa shape index (κ3) is 3.11. The molecule has 0 radical (unpaired) electrons.